The molecular weight excluding hydrogens is 217 g/mol. The minimum atomic E-state index is -0.545. The molecule has 1 fully saturated rings. The van der Waals surface area contributed by atoms with Gasteiger partial charge in [-0.05, 0) is 25.4 Å². The lowest BCUT2D eigenvalue weighted by Crippen LogP contribution is -2.43. The monoisotopic (exact) mass is 235 g/mol. The van der Waals surface area contributed by atoms with Gasteiger partial charge < -0.3 is 19.7 Å². The maximum absolute atomic E-state index is 9.61. The number of aliphatic hydroxyl groups excluding tert-OH is 1. The van der Waals surface area contributed by atoms with E-state index in [4.69, 9.17) is 4.74 Å². The summed E-state index contributed by atoms with van der Waals surface area (Å²) in [7, 11) is -0.545. The van der Waals surface area contributed by atoms with Crippen LogP contribution >= 0.6 is 0 Å². The molecule has 1 aliphatic heterocycles. The minimum Gasteiger partial charge on any atom is -0.492 e. The van der Waals surface area contributed by atoms with Crippen molar-refractivity contribution < 1.29 is 14.9 Å². The number of rotatable bonds is 4. The topological polar surface area (TPSA) is 52.9 Å². The Morgan fingerprint density at radius 2 is 2.12 bits per heavy atom. The predicted octanol–water partition coefficient (Wildman–Crippen LogP) is 0.611. The Bertz CT molecular complexity index is 347. The molecule has 0 saturated carbocycles. The second-order valence-electron chi connectivity index (χ2n) is 4.50. The van der Waals surface area contributed by atoms with Gasteiger partial charge in [-0.2, -0.15) is 0 Å². The van der Waals surface area contributed by atoms with Crippen LogP contribution in [0.3, 0.4) is 0 Å². The van der Waals surface area contributed by atoms with E-state index in [0.717, 1.165) is 5.75 Å². The highest BCUT2D eigenvalue weighted by Gasteiger charge is 2.35. The summed E-state index contributed by atoms with van der Waals surface area (Å²) in [5.74, 6) is 0.819. The van der Waals surface area contributed by atoms with E-state index >= 15 is 0 Å². The Morgan fingerprint density at radius 1 is 1.41 bits per heavy atom. The SMILES string of the molecule is CB(O)N1C[C@@H](O)C[C@@H]1COc1ccccc1. The van der Waals surface area contributed by atoms with E-state index in [9.17, 15) is 10.1 Å². The fourth-order valence-corrected chi connectivity index (χ4v) is 2.25. The minimum absolute atomic E-state index is 0.0743. The van der Waals surface area contributed by atoms with Crippen LogP contribution in [0.1, 0.15) is 6.42 Å². The summed E-state index contributed by atoms with van der Waals surface area (Å²) in [5, 5.41) is 19.2. The van der Waals surface area contributed by atoms with Gasteiger partial charge in [0.15, 0.2) is 0 Å². The van der Waals surface area contributed by atoms with Crippen LogP contribution in [0.5, 0.6) is 5.75 Å². The smallest absolute Gasteiger partial charge is 0.376 e. The molecule has 0 radical (unpaired) electrons. The van der Waals surface area contributed by atoms with Crippen molar-refractivity contribution in [1.82, 2.24) is 4.81 Å². The van der Waals surface area contributed by atoms with Crippen molar-refractivity contribution in [2.45, 2.75) is 25.4 Å². The maximum Gasteiger partial charge on any atom is 0.376 e. The van der Waals surface area contributed by atoms with Crippen LogP contribution in [0.25, 0.3) is 0 Å². The van der Waals surface area contributed by atoms with Gasteiger partial charge in [-0.1, -0.05) is 18.2 Å². The van der Waals surface area contributed by atoms with E-state index in [-0.39, 0.29) is 12.1 Å². The molecule has 17 heavy (non-hydrogen) atoms. The van der Waals surface area contributed by atoms with E-state index in [1.54, 1.807) is 6.82 Å². The fraction of sp³-hybridized carbons (Fsp3) is 0.500. The van der Waals surface area contributed by atoms with E-state index in [2.05, 4.69) is 0 Å². The summed E-state index contributed by atoms with van der Waals surface area (Å²) in [6.07, 6.45) is 0.284. The molecule has 1 saturated heterocycles. The van der Waals surface area contributed by atoms with Gasteiger partial charge in [-0.3, -0.25) is 0 Å². The van der Waals surface area contributed by atoms with Crippen LogP contribution in [0.15, 0.2) is 30.3 Å². The number of hydrogen-bond acceptors (Lipinski definition) is 4. The van der Waals surface area contributed by atoms with Crippen molar-refractivity contribution in [3.8, 4) is 5.75 Å². The third kappa shape index (κ3) is 3.22. The molecule has 0 unspecified atom stereocenters. The maximum atomic E-state index is 9.61. The van der Waals surface area contributed by atoms with E-state index < -0.39 is 7.05 Å². The largest absolute Gasteiger partial charge is 0.492 e. The van der Waals surface area contributed by atoms with Crippen molar-refractivity contribution in [2.75, 3.05) is 13.2 Å². The molecule has 0 aromatic heterocycles. The summed E-state index contributed by atoms with van der Waals surface area (Å²) in [4.78, 5) is 1.87. The summed E-state index contributed by atoms with van der Waals surface area (Å²) in [5.41, 5.74) is 0. The lowest BCUT2D eigenvalue weighted by atomic mass is 9.84. The number of hydrogen-bond donors (Lipinski definition) is 2. The molecule has 0 amide bonds. The van der Waals surface area contributed by atoms with Crippen LogP contribution in [0.2, 0.25) is 6.82 Å². The average Bonchev–Trinajstić information content (AvgIpc) is 2.69. The van der Waals surface area contributed by atoms with Crippen LogP contribution in [0.4, 0.5) is 0 Å². The lowest BCUT2D eigenvalue weighted by molar-refractivity contribution is 0.185. The molecular formula is C12H18BNO3. The van der Waals surface area contributed by atoms with Gasteiger partial charge in [-0.25, -0.2) is 0 Å². The molecule has 1 aliphatic rings. The Kier molecular flexibility index (Phi) is 4.04. The zero-order valence-corrected chi connectivity index (χ0v) is 9.99. The molecule has 2 atom stereocenters. The van der Waals surface area contributed by atoms with Crippen LogP contribution in [-0.2, 0) is 0 Å². The van der Waals surface area contributed by atoms with Crippen molar-refractivity contribution >= 4 is 7.05 Å². The van der Waals surface area contributed by atoms with Gasteiger partial charge in [0.05, 0.1) is 6.10 Å². The van der Waals surface area contributed by atoms with Crippen LogP contribution < -0.4 is 4.74 Å². The molecule has 0 spiro atoms. The Morgan fingerprint density at radius 3 is 2.76 bits per heavy atom. The van der Waals surface area contributed by atoms with Crippen LogP contribution in [0, 0.1) is 0 Å². The normalized spacial score (nSPS) is 24.9. The van der Waals surface area contributed by atoms with Gasteiger partial charge in [-0.15, -0.1) is 0 Å². The quantitative estimate of drug-likeness (QED) is 0.751. The van der Waals surface area contributed by atoms with Gasteiger partial charge in [0, 0.05) is 12.6 Å². The third-order valence-corrected chi connectivity index (χ3v) is 3.10. The molecule has 4 nitrogen and oxygen atoms in total. The highest BCUT2D eigenvalue weighted by Crippen LogP contribution is 2.20. The van der Waals surface area contributed by atoms with E-state index in [1.165, 1.54) is 0 Å². The fourth-order valence-electron chi connectivity index (χ4n) is 2.25. The summed E-state index contributed by atoms with van der Waals surface area (Å²) >= 11 is 0. The molecule has 1 aromatic rings. The number of benzene rings is 1. The highest BCUT2D eigenvalue weighted by atomic mass is 16.5. The second kappa shape index (κ2) is 5.53. The molecule has 2 rings (SSSR count). The molecule has 92 valence electrons. The van der Waals surface area contributed by atoms with Gasteiger partial charge in [0.25, 0.3) is 0 Å². The van der Waals surface area contributed by atoms with Gasteiger partial charge in [0.1, 0.15) is 12.4 Å². The number of para-hydroxylation sites is 1. The Balaban J connectivity index is 1.90. The molecule has 5 heteroatoms. The van der Waals surface area contributed by atoms with Crippen molar-refractivity contribution in [3.63, 3.8) is 0 Å². The molecule has 1 heterocycles. The highest BCUT2D eigenvalue weighted by molar-refractivity contribution is 6.45. The standard InChI is InChI=1S/C12H18BNO3/c1-13(16)14-8-11(15)7-10(14)9-17-12-5-3-2-4-6-12/h2-6,10-11,15-16H,7-9H2,1H3/t10-,11+/m1/s1. The summed E-state index contributed by atoms with van der Waals surface area (Å²) in [6, 6.07) is 9.66. The first-order valence-corrected chi connectivity index (χ1v) is 5.96. The number of ether oxygens (including phenoxy) is 1. The van der Waals surface area contributed by atoms with Crippen molar-refractivity contribution in [3.05, 3.63) is 30.3 Å². The zero-order chi connectivity index (χ0) is 12.3. The van der Waals surface area contributed by atoms with E-state index in [1.807, 2.05) is 35.1 Å². The lowest BCUT2D eigenvalue weighted by Gasteiger charge is -2.24. The van der Waals surface area contributed by atoms with Crippen molar-refractivity contribution in [2.24, 2.45) is 0 Å². The molecule has 2 N–H and O–H groups in total. The molecule has 0 bridgehead atoms. The van der Waals surface area contributed by atoms with Crippen molar-refractivity contribution in [1.29, 1.82) is 0 Å². The predicted molar refractivity (Wildman–Crippen MR) is 66.9 cm³/mol. The second-order valence-corrected chi connectivity index (χ2v) is 4.50. The Labute approximate surface area is 102 Å². The molecule has 1 aromatic carbocycles. The average molecular weight is 235 g/mol. The number of β-amino-alcohol motifs (C(OH)–C–C–N with tert-alkyl or cyclic N) is 1. The first-order valence-electron chi connectivity index (χ1n) is 5.96. The zero-order valence-electron chi connectivity index (χ0n) is 9.99. The first-order chi connectivity index (χ1) is 8.16. The van der Waals surface area contributed by atoms with E-state index in [0.29, 0.717) is 19.6 Å². The van der Waals surface area contributed by atoms with Crippen LogP contribution in [-0.4, -0.2) is 47.3 Å². The van der Waals surface area contributed by atoms with Gasteiger partial charge >= 0.3 is 7.05 Å². The molecule has 0 aliphatic carbocycles. The third-order valence-electron chi connectivity index (χ3n) is 3.10. The first kappa shape index (κ1) is 12.4. The Hall–Kier alpha value is -1.04. The van der Waals surface area contributed by atoms with Gasteiger partial charge in [0.2, 0.25) is 0 Å². The summed E-state index contributed by atoms with van der Waals surface area (Å²) in [6.45, 7) is 2.72. The summed E-state index contributed by atoms with van der Waals surface area (Å²) < 4.78 is 5.65. The number of nitrogens with zero attached hydrogens (tertiary/aromatic N) is 1. The number of aliphatic hydroxyl groups is 1.